The van der Waals surface area contributed by atoms with Gasteiger partial charge in [-0.15, -0.1) is 0 Å². The van der Waals surface area contributed by atoms with Gasteiger partial charge in [0.25, 0.3) is 5.91 Å². The molecule has 0 aromatic heterocycles. The molecule has 0 heterocycles. The van der Waals surface area contributed by atoms with Gasteiger partial charge in [-0.2, -0.15) is 0 Å². The van der Waals surface area contributed by atoms with Crippen LogP contribution >= 0.6 is 23.2 Å². The summed E-state index contributed by atoms with van der Waals surface area (Å²) in [7, 11) is 1.48. The summed E-state index contributed by atoms with van der Waals surface area (Å²) in [5.41, 5.74) is 0.447. The van der Waals surface area contributed by atoms with E-state index in [-0.39, 0.29) is 15.6 Å². The van der Waals surface area contributed by atoms with Gasteiger partial charge >= 0.3 is 0 Å². The Morgan fingerprint density at radius 1 is 1.05 bits per heavy atom. The van der Waals surface area contributed by atoms with E-state index in [1.165, 1.54) is 42.3 Å². The van der Waals surface area contributed by atoms with Crippen LogP contribution in [-0.2, 0) is 0 Å². The molecular weight excluding hydrogens is 307 g/mol. The summed E-state index contributed by atoms with van der Waals surface area (Å²) < 4.78 is 26.3. The second-order valence-electron chi connectivity index (χ2n) is 4.09. The average Bonchev–Trinajstić information content (AvgIpc) is 2.42. The average molecular weight is 316 g/mol. The molecule has 0 bridgehead atoms. The zero-order valence-corrected chi connectivity index (χ0v) is 11.8. The van der Waals surface area contributed by atoms with Gasteiger partial charge in [0.1, 0.15) is 11.6 Å². The minimum atomic E-state index is -0.730. The van der Waals surface area contributed by atoms with Gasteiger partial charge in [-0.25, -0.2) is 8.78 Å². The fourth-order valence-corrected chi connectivity index (χ4v) is 2.11. The van der Waals surface area contributed by atoms with Crippen molar-refractivity contribution in [2.45, 2.75) is 0 Å². The topological polar surface area (TPSA) is 20.3 Å². The lowest BCUT2D eigenvalue weighted by Crippen LogP contribution is -2.26. The first kappa shape index (κ1) is 14.8. The number of nitrogens with zero attached hydrogens (tertiary/aromatic N) is 1. The van der Waals surface area contributed by atoms with Gasteiger partial charge in [0, 0.05) is 12.7 Å². The van der Waals surface area contributed by atoms with Gasteiger partial charge in [0.2, 0.25) is 0 Å². The molecule has 1 amide bonds. The molecule has 0 aliphatic rings. The van der Waals surface area contributed by atoms with Gasteiger partial charge in [-0.05, 0) is 36.4 Å². The number of amides is 1. The van der Waals surface area contributed by atoms with E-state index in [9.17, 15) is 13.6 Å². The molecule has 104 valence electrons. The summed E-state index contributed by atoms with van der Waals surface area (Å²) in [6.07, 6.45) is 0. The molecule has 0 aliphatic carbocycles. The van der Waals surface area contributed by atoms with Gasteiger partial charge in [-0.1, -0.05) is 23.2 Å². The van der Waals surface area contributed by atoms with Crippen molar-refractivity contribution < 1.29 is 13.6 Å². The van der Waals surface area contributed by atoms with E-state index in [2.05, 4.69) is 0 Å². The smallest absolute Gasteiger partial charge is 0.259 e. The summed E-state index contributed by atoms with van der Waals surface area (Å²) in [6.45, 7) is 0. The predicted octanol–water partition coefficient (Wildman–Crippen LogP) is 4.55. The molecule has 20 heavy (non-hydrogen) atoms. The largest absolute Gasteiger partial charge is 0.311 e. The number of halogens is 4. The minimum Gasteiger partial charge on any atom is -0.311 e. The van der Waals surface area contributed by atoms with Crippen LogP contribution in [0.3, 0.4) is 0 Å². The monoisotopic (exact) mass is 315 g/mol. The number of carbonyl (C=O) groups is 1. The first-order chi connectivity index (χ1) is 9.40. The second-order valence-corrected chi connectivity index (χ2v) is 4.90. The Morgan fingerprint density at radius 3 is 2.25 bits per heavy atom. The van der Waals surface area contributed by atoms with E-state index in [1.807, 2.05) is 0 Å². The van der Waals surface area contributed by atoms with Crippen LogP contribution in [0, 0.1) is 11.6 Å². The fraction of sp³-hybridized carbons (Fsp3) is 0.0714. The van der Waals surface area contributed by atoms with Crippen molar-refractivity contribution in [2.24, 2.45) is 0 Å². The highest BCUT2D eigenvalue weighted by Gasteiger charge is 2.19. The van der Waals surface area contributed by atoms with Crippen molar-refractivity contribution >= 4 is 34.8 Å². The molecule has 0 saturated heterocycles. The van der Waals surface area contributed by atoms with E-state index in [1.54, 1.807) is 0 Å². The third-order valence-electron chi connectivity index (χ3n) is 2.76. The molecule has 0 unspecified atom stereocenters. The molecule has 2 aromatic rings. The Labute approximate surface area is 124 Å². The zero-order valence-electron chi connectivity index (χ0n) is 10.3. The molecule has 2 nitrogen and oxygen atoms in total. The Bertz CT molecular complexity index is 659. The molecule has 0 N–H and O–H groups in total. The molecule has 2 rings (SSSR count). The van der Waals surface area contributed by atoms with Crippen molar-refractivity contribution in [1.29, 1.82) is 0 Å². The molecule has 0 atom stereocenters. The summed E-state index contributed by atoms with van der Waals surface area (Å²) in [5, 5.41) is -0.105. The van der Waals surface area contributed by atoms with Crippen LogP contribution in [0.25, 0.3) is 0 Å². The van der Waals surface area contributed by atoms with E-state index in [0.29, 0.717) is 5.69 Å². The van der Waals surface area contributed by atoms with E-state index >= 15 is 0 Å². The standard InChI is InChI=1S/C14H9Cl2F2NO/c1-19(9-4-2-8(17)3-5-9)14(20)10-6-13(18)12(16)7-11(10)15/h2-7H,1H3. The van der Waals surface area contributed by atoms with Gasteiger partial charge in [0.05, 0.1) is 15.6 Å². The first-order valence-electron chi connectivity index (χ1n) is 5.58. The highest BCUT2D eigenvalue weighted by Crippen LogP contribution is 2.26. The molecule has 0 saturated carbocycles. The predicted molar refractivity (Wildman–Crippen MR) is 75.6 cm³/mol. The molecule has 0 spiro atoms. The lowest BCUT2D eigenvalue weighted by molar-refractivity contribution is 0.0992. The van der Waals surface area contributed by atoms with Crippen LogP contribution in [0.15, 0.2) is 36.4 Å². The highest BCUT2D eigenvalue weighted by molar-refractivity contribution is 6.37. The SMILES string of the molecule is CN(C(=O)c1cc(F)c(Cl)cc1Cl)c1ccc(F)cc1. The molecule has 2 aromatic carbocycles. The highest BCUT2D eigenvalue weighted by atomic mass is 35.5. The van der Waals surface area contributed by atoms with E-state index < -0.39 is 17.5 Å². The van der Waals surface area contributed by atoms with Crippen LogP contribution < -0.4 is 4.90 Å². The first-order valence-corrected chi connectivity index (χ1v) is 6.34. The molecule has 0 fully saturated rings. The number of hydrogen-bond acceptors (Lipinski definition) is 1. The van der Waals surface area contributed by atoms with Crippen LogP contribution in [0.2, 0.25) is 10.0 Å². The lowest BCUT2D eigenvalue weighted by atomic mass is 10.1. The van der Waals surface area contributed by atoms with E-state index in [4.69, 9.17) is 23.2 Å². The van der Waals surface area contributed by atoms with Gasteiger partial charge in [0.15, 0.2) is 0 Å². The van der Waals surface area contributed by atoms with Crippen molar-refractivity contribution in [3.63, 3.8) is 0 Å². The Balaban J connectivity index is 2.36. The second kappa shape index (κ2) is 5.77. The van der Waals surface area contributed by atoms with Crippen LogP contribution in [0.4, 0.5) is 14.5 Å². The van der Waals surface area contributed by atoms with Crippen LogP contribution in [0.1, 0.15) is 10.4 Å². The Kier molecular flexibility index (Phi) is 4.26. The third-order valence-corrected chi connectivity index (χ3v) is 3.36. The maximum Gasteiger partial charge on any atom is 0.259 e. The number of hydrogen-bond donors (Lipinski definition) is 0. The minimum absolute atomic E-state index is 0.0135. The molecule has 0 aliphatic heterocycles. The summed E-state index contributed by atoms with van der Waals surface area (Å²) >= 11 is 11.5. The van der Waals surface area contributed by atoms with E-state index in [0.717, 1.165) is 6.07 Å². The maximum absolute atomic E-state index is 13.4. The molecule has 6 heteroatoms. The quantitative estimate of drug-likeness (QED) is 0.745. The fourth-order valence-electron chi connectivity index (χ4n) is 1.65. The summed E-state index contributed by atoms with van der Waals surface area (Å²) in [5.74, 6) is -1.66. The van der Waals surface area contributed by atoms with Crippen molar-refractivity contribution in [3.8, 4) is 0 Å². The van der Waals surface area contributed by atoms with Crippen LogP contribution in [-0.4, -0.2) is 13.0 Å². The van der Waals surface area contributed by atoms with Crippen molar-refractivity contribution in [3.05, 3.63) is 63.6 Å². The normalized spacial score (nSPS) is 10.4. The van der Waals surface area contributed by atoms with Crippen LogP contribution in [0.5, 0.6) is 0 Å². The number of carbonyl (C=O) groups excluding carboxylic acids is 1. The van der Waals surface area contributed by atoms with Crippen molar-refractivity contribution in [2.75, 3.05) is 11.9 Å². The number of anilines is 1. The summed E-state index contributed by atoms with van der Waals surface area (Å²) in [6, 6.07) is 7.48. The van der Waals surface area contributed by atoms with Gasteiger partial charge in [-0.3, -0.25) is 4.79 Å². The Hall–Kier alpha value is -1.65. The molecule has 0 radical (unpaired) electrons. The number of benzene rings is 2. The third kappa shape index (κ3) is 2.92. The maximum atomic E-state index is 13.4. The van der Waals surface area contributed by atoms with Gasteiger partial charge < -0.3 is 4.90 Å². The molecular formula is C14H9Cl2F2NO. The summed E-state index contributed by atoms with van der Waals surface area (Å²) in [4.78, 5) is 13.5. The number of rotatable bonds is 2. The Morgan fingerprint density at radius 2 is 1.65 bits per heavy atom. The lowest BCUT2D eigenvalue weighted by Gasteiger charge is -2.18. The van der Waals surface area contributed by atoms with Crippen molar-refractivity contribution in [1.82, 2.24) is 0 Å². The zero-order chi connectivity index (χ0) is 14.9.